The Morgan fingerprint density at radius 1 is 1.07 bits per heavy atom. The summed E-state index contributed by atoms with van der Waals surface area (Å²) >= 11 is 0. The molecule has 0 saturated carbocycles. The van der Waals surface area contributed by atoms with Gasteiger partial charge in [0.1, 0.15) is 0 Å². The monoisotopic (exact) mass is 386 g/mol. The van der Waals surface area contributed by atoms with Gasteiger partial charge in [0.25, 0.3) is 0 Å². The maximum atomic E-state index is 12.2. The topological polar surface area (TPSA) is 52.9 Å². The lowest BCUT2D eigenvalue weighted by molar-refractivity contribution is -0.116. The highest BCUT2D eigenvalue weighted by atomic mass is 16.1. The van der Waals surface area contributed by atoms with E-state index < -0.39 is 0 Å². The molecule has 3 atom stereocenters. The van der Waals surface area contributed by atoms with Crippen LogP contribution in [0.5, 0.6) is 0 Å². The molecule has 2 aromatic carbocycles. The van der Waals surface area contributed by atoms with Crippen molar-refractivity contribution in [3.8, 4) is 17.2 Å². The highest BCUT2D eigenvalue weighted by Crippen LogP contribution is 2.33. The number of benzene rings is 2. The fraction of sp³-hybridized carbons (Fsp3) is 0.385. The maximum absolute atomic E-state index is 12.2. The van der Waals surface area contributed by atoms with Crippen LogP contribution in [0.4, 0.5) is 0 Å². The van der Waals surface area contributed by atoms with Gasteiger partial charge in [-0.1, -0.05) is 69.7 Å². The lowest BCUT2D eigenvalue weighted by Crippen LogP contribution is -2.33. The number of rotatable bonds is 8. The van der Waals surface area contributed by atoms with Crippen molar-refractivity contribution in [3.05, 3.63) is 65.2 Å². The second kappa shape index (κ2) is 9.67. The van der Waals surface area contributed by atoms with Crippen LogP contribution in [0.15, 0.2) is 48.5 Å². The molecular formula is C26H30N2O. The number of nitrogens with zero attached hydrogens (tertiary/aromatic N) is 1. The van der Waals surface area contributed by atoms with E-state index in [1.165, 1.54) is 0 Å². The van der Waals surface area contributed by atoms with Gasteiger partial charge >= 0.3 is 0 Å². The van der Waals surface area contributed by atoms with Crippen LogP contribution in [-0.2, 0) is 11.2 Å². The Balaban J connectivity index is 1.74. The van der Waals surface area contributed by atoms with Crippen LogP contribution < -0.4 is 5.32 Å². The molecule has 0 fully saturated rings. The van der Waals surface area contributed by atoms with Crippen LogP contribution in [0.1, 0.15) is 56.2 Å². The van der Waals surface area contributed by atoms with Gasteiger partial charge in [-0.2, -0.15) is 5.26 Å². The van der Waals surface area contributed by atoms with E-state index in [0.29, 0.717) is 12.3 Å². The Kier molecular flexibility index (Phi) is 7.01. The Bertz CT molecular complexity index is 921. The summed E-state index contributed by atoms with van der Waals surface area (Å²) in [4.78, 5) is 12.2. The quantitative estimate of drug-likeness (QED) is 0.650. The van der Waals surface area contributed by atoms with Gasteiger partial charge in [0.05, 0.1) is 12.1 Å². The molecule has 0 spiro atoms. The molecule has 29 heavy (non-hydrogen) atoms. The highest BCUT2D eigenvalue weighted by Gasteiger charge is 2.22. The SMILES string of the molecule is CCC1C(=O)C=Cc2ccc(-c3ccc(C[C@@H](C#N)NC[C@@H](C)CC)cc3)cc21. The first-order chi connectivity index (χ1) is 14.0. The molecule has 0 aliphatic heterocycles. The van der Waals surface area contributed by atoms with Crippen molar-refractivity contribution in [2.45, 2.75) is 52.0 Å². The molecule has 0 heterocycles. The van der Waals surface area contributed by atoms with Crippen LogP contribution in [0.25, 0.3) is 17.2 Å². The van der Waals surface area contributed by atoms with Crippen LogP contribution in [0.2, 0.25) is 0 Å². The summed E-state index contributed by atoms with van der Waals surface area (Å²) < 4.78 is 0. The minimum atomic E-state index is -0.165. The fourth-order valence-electron chi connectivity index (χ4n) is 3.79. The van der Waals surface area contributed by atoms with E-state index in [0.717, 1.165) is 47.2 Å². The number of allylic oxidation sites excluding steroid dienone is 1. The van der Waals surface area contributed by atoms with Crippen molar-refractivity contribution in [1.29, 1.82) is 5.26 Å². The van der Waals surface area contributed by atoms with Crippen LogP contribution in [0.3, 0.4) is 0 Å². The molecule has 150 valence electrons. The Hall–Kier alpha value is -2.70. The number of carbonyl (C=O) groups excluding carboxylic acids is 1. The minimum absolute atomic E-state index is 0.0396. The zero-order valence-corrected chi connectivity index (χ0v) is 17.6. The lowest BCUT2D eigenvalue weighted by Gasteiger charge is -2.20. The third-order valence-corrected chi connectivity index (χ3v) is 5.93. The predicted molar refractivity (Wildman–Crippen MR) is 120 cm³/mol. The number of hydrogen-bond acceptors (Lipinski definition) is 3. The molecule has 1 aliphatic carbocycles. The maximum Gasteiger partial charge on any atom is 0.163 e. The van der Waals surface area contributed by atoms with Gasteiger partial charge in [-0.25, -0.2) is 0 Å². The van der Waals surface area contributed by atoms with Crippen molar-refractivity contribution < 1.29 is 4.79 Å². The summed E-state index contributed by atoms with van der Waals surface area (Å²) in [5.74, 6) is 0.730. The molecule has 0 bridgehead atoms. The molecule has 0 aromatic heterocycles. The average Bonchev–Trinajstić information content (AvgIpc) is 2.76. The normalized spacial score (nSPS) is 17.4. The van der Waals surface area contributed by atoms with Gasteiger partial charge in [0, 0.05) is 12.3 Å². The van der Waals surface area contributed by atoms with Crippen molar-refractivity contribution in [2.24, 2.45) is 5.92 Å². The van der Waals surface area contributed by atoms with Gasteiger partial charge in [-0.15, -0.1) is 0 Å². The summed E-state index contributed by atoms with van der Waals surface area (Å²) in [6.07, 6.45) is 6.25. The van der Waals surface area contributed by atoms with Gasteiger partial charge in [-0.05, 0) is 58.8 Å². The summed E-state index contributed by atoms with van der Waals surface area (Å²) in [6.45, 7) is 7.30. The molecular weight excluding hydrogens is 356 g/mol. The predicted octanol–water partition coefficient (Wildman–Crippen LogP) is 5.51. The second-order valence-corrected chi connectivity index (χ2v) is 8.04. The molecule has 3 heteroatoms. The summed E-state index contributed by atoms with van der Waals surface area (Å²) in [6, 6.07) is 17.0. The van der Waals surface area contributed by atoms with Crippen LogP contribution >= 0.6 is 0 Å². The van der Waals surface area contributed by atoms with E-state index in [-0.39, 0.29) is 17.7 Å². The zero-order valence-electron chi connectivity index (χ0n) is 17.6. The van der Waals surface area contributed by atoms with E-state index in [1.54, 1.807) is 6.08 Å². The molecule has 2 aromatic rings. The summed E-state index contributed by atoms with van der Waals surface area (Å²) in [7, 11) is 0. The van der Waals surface area contributed by atoms with Gasteiger partial charge in [-0.3, -0.25) is 4.79 Å². The number of nitriles is 1. The standard InChI is InChI=1S/C26H30N2O/c1-4-18(3)17-28-23(16-27)14-19-6-8-20(9-7-19)22-11-10-21-12-13-26(29)24(5-2)25(21)15-22/h6-13,15,18,23-24,28H,4-5,14,17H2,1-3H3/t18-,23-,24?/m0/s1. The summed E-state index contributed by atoms with van der Waals surface area (Å²) in [5.41, 5.74) is 5.68. The van der Waals surface area contributed by atoms with Crippen molar-refractivity contribution in [3.63, 3.8) is 0 Å². The first-order valence-electron chi connectivity index (χ1n) is 10.6. The third-order valence-electron chi connectivity index (χ3n) is 5.93. The lowest BCUT2D eigenvalue weighted by atomic mass is 9.83. The van der Waals surface area contributed by atoms with Crippen LogP contribution in [-0.4, -0.2) is 18.4 Å². The average molecular weight is 387 g/mol. The first-order valence-corrected chi connectivity index (χ1v) is 10.6. The number of carbonyl (C=O) groups is 1. The minimum Gasteiger partial charge on any atom is -0.301 e. The Morgan fingerprint density at radius 2 is 1.79 bits per heavy atom. The number of nitrogens with one attached hydrogen (secondary N) is 1. The van der Waals surface area contributed by atoms with Gasteiger partial charge < -0.3 is 5.32 Å². The summed E-state index contributed by atoms with van der Waals surface area (Å²) in [5, 5.41) is 12.8. The molecule has 1 aliphatic rings. The number of hydrogen-bond donors (Lipinski definition) is 1. The van der Waals surface area contributed by atoms with Crippen LogP contribution in [0, 0.1) is 17.2 Å². The van der Waals surface area contributed by atoms with Crippen molar-refractivity contribution >= 4 is 11.9 Å². The largest absolute Gasteiger partial charge is 0.301 e. The van der Waals surface area contributed by atoms with Gasteiger partial charge in [0.2, 0.25) is 0 Å². The second-order valence-electron chi connectivity index (χ2n) is 8.04. The third kappa shape index (κ3) is 5.02. The van der Waals surface area contributed by atoms with E-state index in [2.05, 4.69) is 74.6 Å². The Labute approximate surface area is 174 Å². The zero-order chi connectivity index (χ0) is 20.8. The highest BCUT2D eigenvalue weighted by molar-refractivity contribution is 6.02. The van der Waals surface area contributed by atoms with Gasteiger partial charge in [0.15, 0.2) is 5.78 Å². The van der Waals surface area contributed by atoms with Crippen molar-refractivity contribution in [2.75, 3.05) is 6.54 Å². The molecule has 0 amide bonds. The molecule has 1 unspecified atom stereocenters. The number of ketones is 1. The van der Waals surface area contributed by atoms with E-state index in [1.807, 2.05) is 6.08 Å². The molecule has 0 radical (unpaired) electrons. The smallest absolute Gasteiger partial charge is 0.163 e. The first kappa shape index (κ1) is 21.0. The number of fused-ring (bicyclic) bond motifs is 1. The van der Waals surface area contributed by atoms with E-state index >= 15 is 0 Å². The van der Waals surface area contributed by atoms with E-state index in [9.17, 15) is 10.1 Å². The molecule has 1 N–H and O–H groups in total. The molecule has 0 saturated heterocycles. The molecule has 3 nitrogen and oxygen atoms in total. The fourth-order valence-corrected chi connectivity index (χ4v) is 3.79. The molecule has 3 rings (SSSR count). The van der Waals surface area contributed by atoms with E-state index in [4.69, 9.17) is 0 Å². The van der Waals surface area contributed by atoms with Crippen molar-refractivity contribution in [1.82, 2.24) is 5.32 Å². The Morgan fingerprint density at radius 3 is 2.45 bits per heavy atom.